The van der Waals surface area contributed by atoms with Crippen molar-refractivity contribution in [2.75, 3.05) is 18.9 Å². The Kier molecular flexibility index (Phi) is 5.67. The van der Waals surface area contributed by atoms with Crippen LogP contribution in [0, 0.1) is 10.1 Å². The van der Waals surface area contributed by atoms with Crippen molar-refractivity contribution in [3.05, 3.63) is 69.2 Å². The lowest BCUT2D eigenvalue weighted by Crippen LogP contribution is -2.29. The van der Waals surface area contributed by atoms with Crippen molar-refractivity contribution < 1.29 is 9.72 Å². The largest absolute Gasteiger partial charge is 0.324 e. The summed E-state index contributed by atoms with van der Waals surface area (Å²) in [7, 11) is 1.84. The second kappa shape index (κ2) is 7.71. The summed E-state index contributed by atoms with van der Waals surface area (Å²) in [4.78, 5) is 24.0. The third kappa shape index (κ3) is 5.05. The van der Waals surface area contributed by atoms with Crippen LogP contribution in [0.25, 0.3) is 0 Å². The Morgan fingerprint density at radius 2 is 1.96 bits per heavy atom. The molecule has 0 saturated heterocycles. The van der Waals surface area contributed by atoms with Gasteiger partial charge >= 0.3 is 0 Å². The monoisotopic (exact) mass is 333 g/mol. The summed E-state index contributed by atoms with van der Waals surface area (Å²) in [6, 6.07) is 13.7. The first-order valence-electron chi connectivity index (χ1n) is 6.92. The summed E-state index contributed by atoms with van der Waals surface area (Å²) in [5.41, 5.74) is 1.35. The number of carbonyl (C=O) groups is 1. The van der Waals surface area contributed by atoms with Crippen molar-refractivity contribution in [2.45, 2.75) is 6.54 Å². The van der Waals surface area contributed by atoms with Crippen molar-refractivity contribution >= 4 is 28.9 Å². The molecule has 2 rings (SSSR count). The molecule has 0 aromatic heterocycles. The number of hydrogen-bond donors (Lipinski definition) is 1. The number of nitrogens with one attached hydrogen (secondary N) is 1. The molecular formula is C16H16ClN3O3. The Bertz CT molecular complexity index is 707. The number of anilines is 1. The highest BCUT2D eigenvalue weighted by Gasteiger charge is 2.12. The molecule has 6 nitrogen and oxygen atoms in total. The third-order valence-electron chi connectivity index (χ3n) is 3.15. The number of carbonyl (C=O) groups excluding carboxylic acids is 1. The van der Waals surface area contributed by atoms with E-state index >= 15 is 0 Å². The van der Waals surface area contributed by atoms with E-state index < -0.39 is 4.92 Å². The van der Waals surface area contributed by atoms with Gasteiger partial charge < -0.3 is 5.32 Å². The summed E-state index contributed by atoms with van der Waals surface area (Å²) in [6.45, 7) is 0.824. The van der Waals surface area contributed by atoms with E-state index in [0.717, 1.165) is 5.56 Å². The summed E-state index contributed by atoms with van der Waals surface area (Å²) in [5.74, 6) is -0.237. The molecule has 0 saturated carbocycles. The van der Waals surface area contributed by atoms with Gasteiger partial charge in [-0.1, -0.05) is 41.9 Å². The van der Waals surface area contributed by atoms with E-state index in [1.807, 2.05) is 42.3 Å². The van der Waals surface area contributed by atoms with E-state index in [9.17, 15) is 14.9 Å². The van der Waals surface area contributed by atoms with Crippen LogP contribution in [0.4, 0.5) is 11.4 Å². The average Bonchev–Trinajstić information content (AvgIpc) is 2.49. The third-order valence-corrected chi connectivity index (χ3v) is 3.46. The van der Waals surface area contributed by atoms with Crippen LogP contribution in [0.3, 0.4) is 0 Å². The van der Waals surface area contributed by atoms with E-state index in [2.05, 4.69) is 5.32 Å². The molecule has 0 bridgehead atoms. The maximum atomic E-state index is 12.0. The van der Waals surface area contributed by atoms with Crippen LogP contribution in [0.1, 0.15) is 5.56 Å². The van der Waals surface area contributed by atoms with Gasteiger partial charge in [0.15, 0.2) is 0 Å². The lowest BCUT2D eigenvalue weighted by atomic mass is 10.2. The highest BCUT2D eigenvalue weighted by atomic mass is 35.5. The molecule has 0 unspecified atom stereocenters. The minimum atomic E-state index is -0.537. The molecule has 23 heavy (non-hydrogen) atoms. The van der Waals surface area contributed by atoms with Crippen LogP contribution in [0.5, 0.6) is 0 Å². The lowest BCUT2D eigenvalue weighted by Gasteiger charge is -2.16. The zero-order valence-corrected chi connectivity index (χ0v) is 13.3. The first-order valence-corrected chi connectivity index (χ1v) is 7.30. The molecule has 2 aromatic carbocycles. The molecule has 0 fully saturated rings. The molecule has 2 aromatic rings. The first-order chi connectivity index (χ1) is 11.0. The molecule has 0 radical (unpaired) electrons. The molecule has 0 heterocycles. The fourth-order valence-electron chi connectivity index (χ4n) is 2.10. The van der Waals surface area contributed by atoms with Crippen LogP contribution < -0.4 is 5.32 Å². The van der Waals surface area contributed by atoms with Crippen LogP contribution in [-0.4, -0.2) is 29.3 Å². The Morgan fingerprint density at radius 1 is 1.26 bits per heavy atom. The predicted octanol–water partition coefficient (Wildman–Crippen LogP) is 3.32. The number of nitro groups is 1. The molecule has 1 amide bonds. The maximum absolute atomic E-state index is 12.0. The number of likely N-dealkylation sites (N-methyl/N-ethyl adjacent to an activating group) is 1. The molecule has 7 heteroatoms. The van der Waals surface area contributed by atoms with Crippen LogP contribution in [0.2, 0.25) is 5.02 Å². The Labute approximate surface area is 138 Å². The van der Waals surface area contributed by atoms with E-state index in [-0.39, 0.29) is 23.2 Å². The predicted molar refractivity (Wildman–Crippen MR) is 89.5 cm³/mol. The molecular weight excluding hydrogens is 318 g/mol. The normalized spacial score (nSPS) is 10.6. The number of rotatable bonds is 6. The SMILES string of the molecule is CN(CC(=O)Nc1ccc([N+](=O)[O-])cc1Cl)Cc1ccccc1. The fourth-order valence-corrected chi connectivity index (χ4v) is 2.33. The Morgan fingerprint density at radius 3 is 2.57 bits per heavy atom. The van der Waals surface area contributed by atoms with E-state index in [0.29, 0.717) is 12.2 Å². The molecule has 1 N–H and O–H groups in total. The van der Waals surface area contributed by atoms with Gasteiger partial charge in [-0.25, -0.2) is 0 Å². The van der Waals surface area contributed by atoms with Crippen molar-refractivity contribution in [1.82, 2.24) is 4.90 Å². The number of halogens is 1. The minimum Gasteiger partial charge on any atom is -0.324 e. The molecule has 0 aliphatic heterocycles. The summed E-state index contributed by atoms with van der Waals surface area (Å²) in [6.07, 6.45) is 0. The fraction of sp³-hybridized carbons (Fsp3) is 0.188. The Balaban J connectivity index is 1.93. The van der Waals surface area contributed by atoms with Gasteiger partial charge in [0.1, 0.15) is 0 Å². The quantitative estimate of drug-likeness (QED) is 0.650. The van der Waals surface area contributed by atoms with Crippen LogP contribution in [-0.2, 0) is 11.3 Å². The highest BCUT2D eigenvalue weighted by molar-refractivity contribution is 6.34. The summed E-state index contributed by atoms with van der Waals surface area (Å²) >= 11 is 5.95. The van der Waals surface area contributed by atoms with Gasteiger partial charge in [-0.2, -0.15) is 0 Å². The van der Waals surface area contributed by atoms with Gasteiger partial charge in [-0.15, -0.1) is 0 Å². The summed E-state index contributed by atoms with van der Waals surface area (Å²) < 4.78 is 0. The van der Waals surface area contributed by atoms with Crippen molar-refractivity contribution in [3.8, 4) is 0 Å². The number of nitrogens with zero attached hydrogens (tertiary/aromatic N) is 2. The van der Waals surface area contributed by atoms with Crippen molar-refractivity contribution in [2.24, 2.45) is 0 Å². The second-order valence-electron chi connectivity index (χ2n) is 5.13. The number of nitro benzene ring substituents is 1. The Hall–Kier alpha value is -2.44. The molecule has 0 spiro atoms. The van der Waals surface area contributed by atoms with Crippen LogP contribution >= 0.6 is 11.6 Å². The zero-order valence-electron chi connectivity index (χ0n) is 12.5. The van der Waals surface area contributed by atoms with Crippen LogP contribution in [0.15, 0.2) is 48.5 Å². The average molecular weight is 334 g/mol. The van der Waals surface area contributed by atoms with E-state index in [1.165, 1.54) is 18.2 Å². The minimum absolute atomic E-state index is 0.116. The lowest BCUT2D eigenvalue weighted by molar-refractivity contribution is -0.384. The highest BCUT2D eigenvalue weighted by Crippen LogP contribution is 2.26. The van der Waals surface area contributed by atoms with Crippen molar-refractivity contribution in [3.63, 3.8) is 0 Å². The summed E-state index contributed by atoms with van der Waals surface area (Å²) in [5, 5.41) is 13.5. The van der Waals surface area contributed by atoms with E-state index in [1.54, 1.807) is 0 Å². The topological polar surface area (TPSA) is 75.5 Å². The molecule has 0 aliphatic rings. The number of non-ortho nitro benzene ring substituents is 1. The van der Waals surface area contributed by atoms with Gasteiger partial charge in [0.05, 0.1) is 22.2 Å². The second-order valence-corrected chi connectivity index (χ2v) is 5.53. The smallest absolute Gasteiger partial charge is 0.271 e. The maximum Gasteiger partial charge on any atom is 0.271 e. The molecule has 0 aliphatic carbocycles. The standard InChI is InChI=1S/C16H16ClN3O3/c1-19(10-12-5-3-2-4-6-12)11-16(21)18-15-8-7-13(20(22)23)9-14(15)17/h2-9H,10-11H2,1H3,(H,18,21). The van der Waals surface area contributed by atoms with Gasteiger partial charge in [0, 0.05) is 18.7 Å². The van der Waals surface area contributed by atoms with E-state index in [4.69, 9.17) is 11.6 Å². The van der Waals surface area contributed by atoms with Gasteiger partial charge in [0.2, 0.25) is 5.91 Å². The van der Waals surface area contributed by atoms with Gasteiger partial charge in [0.25, 0.3) is 5.69 Å². The molecule has 120 valence electrons. The number of amides is 1. The molecule has 0 atom stereocenters. The zero-order chi connectivity index (χ0) is 16.8. The van der Waals surface area contributed by atoms with Gasteiger partial charge in [-0.05, 0) is 18.7 Å². The number of hydrogen-bond acceptors (Lipinski definition) is 4. The first kappa shape index (κ1) is 16.9. The van der Waals surface area contributed by atoms with Crippen molar-refractivity contribution in [1.29, 1.82) is 0 Å². The number of benzene rings is 2. The van der Waals surface area contributed by atoms with Gasteiger partial charge in [-0.3, -0.25) is 19.8 Å².